The van der Waals surface area contributed by atoms with Crippen LogP contribution in [-0.4, -0.2) is 32.1 Å². The van der Waals surface area contributed by atoms with Crippen molar-refractivity contribution in [3.63, 3.8) is 0 Å². The molecule has 3 heteroatoms. The number of benzene rings is 1. The number of nitrogens with one attached hydrogen (secondary N) is 1. The second kappa shape index (κ2) is 7.14. The minimum atomic E-state index is 0.0846. The smallest absolute Gasteiger partial charge is 0.0572 e. The predicted octanol–water partition coefficient (Wildman–Crippen LogP) is 4.16. The van der Waals surface area contributed by atoms with Crippen LogP contribution in [0.15, 0.2) is 18.2 Å². The molecule has 0 aromatic heterocycles. The Morgan fingerprint density at radius 1 is 1.26 bits per heavy atom. The van der Waals surface area contributed by atoms with Crippen molar-refractivity contribution in [1.29, 1.82) is 5.41 Å². The van der Waals surface area contributed by atoms with Crippen molar-refractivity contribution in [3.05, 3.63) is 34.9 Å². The van der Waals surface area contributed by atoms with Gasteiger partial charge in [0.05, 0.1) is 6.10 Å². The van der Waals surface area contributed by atoms with Gasteiger partial charge in [-0.05, 0) is 74.6 Å². The molecule has 0 unspecified atom stereocenters. The maximum Gasteiger partial charge on any atom is 0.0572 e. The standard InChI is InChI=1S/C20H29NO2/c1-3-23-12-4-5-15-6-7-16-14-20(19(21)18(16)13-15)10-8-17(22-2)9-11-20/h6-7,13,17,21H,3-5,8-12,14H2,1-2H3. The Kier molecular flexibility index (Phi) is 5.17. The van der Waals surface area contributed by atoms with Gasteiger partial charge in [0, 0.05) is 31.5 Å². The molecule has 3 rings (SSSR count). The van der Waals surface area contributed by atoms with E-state index in [2.05, 4.69) is 18.2 Å². The van der Waals surface area contributed by atoms with E-state index in [-0.39, 0.29) is 5.41 Å². The van der Waals surface area contributed by atoms with Gasteiger partial charge >= 0.3 is 0 Å². The number of rotatable bonds is 6. The summed E-state index contributed by atoms with van der Waals surface area (Å²) in [7, 11) is 1.81. The highest BCUT2D eigenvalue weighted by molar-refractivity contribution is 6.07. The Morgan fingerprint density at radius 2 is 2.04 bits per heavy atom. The van der Waals surface area contributed by atoms with Crippen LogP contribution in [0.25, 0.3) is 0 Å². The van der Waals surface area contributed by atoms with E-state index in [9.17, 15) is 0 Å². The number of hydrogen-bond donors (Lipinski definition) is 1. The number of aryl methyl sites for hydroxylation is 1. The van der Waals surface area contributed by atoms with Crippen molar-refractivity contribution < 1.29 is 9.47 Å². The molecule has 2 aliphatic carbocycles. The van der Waals surface area contributed by atoms with E-state index in [1.807, 2.05) is 14.0 Å². The van der Waals surface area contributed by atoms with Crippen LogP contribution < -0.4 is 0 Å². The highest BCUT2D eigenvalue weighted by atomic mass is 16.5. The molecule has 1 aromatic carbocycles. The van der Waals surface area contributed by atoms with Gasteiger partial charge in [-0.25, -0.2) is 0 Å². The monoisotopic (exact) mass is 315 g/mol. The molecule has 0 heterocycles. The van der Waals surface area contributed by atoms with Crippen molar-refractivity contribution in [2.45, 2.75) is 58.0 Å². The van der Waals surface area contributed by atoms with Crippen molar-refractivity contribution in [3.8, 4) is 0 Å². The van der Waals surface area contributed by atoms with Crippen LogP contribution in [0.3, 0.4) is 0 Å². The van der Waals surface area contributed by atoms with Crippen LogP contribution in [-0.2, 0) is 22.3 Å². The molecule has 0 saturated heterocycles. The van der Waals surface area contributed by atoms with Gasteiger partial charge in [0.1, 0.15) is 0 Å². The van der Waals surface area contributed by atoms with Crippen molar-refractivity contribution in [2.24, 2.45) is 5.41 Å². The van der Waals surface area contributed by atoms with Crippen LogP contribution >= 0.6 is 0 Å². The molecule has 1 fully saturated rings. The largest absolute Gasteiger partial charge is 0.382 e. The molecular formula is C20H29NO2. The summed E-state index contributed by atoms with van der Waals surface area (Å²) in [6, 6.07) is 6.77. The van der Waals surface area contributed by atoms with Gasteiger partial charge in [-0.15, -0.1) is 0 Å². The Labute approximate surface area is 139 Å². The summed E-state index contributed by atoms with van der Waals surface area (Å²) in [5, 5.41) is 8.77. The lowest BCUT2D eigenvalue weighted by molar-refractivity contribution is 0.0467. The number of hydrogen-bond acceptors (Lipinski definition) is 3. The molecule has 1 spiro atoms. The first kappa shape index (κ1) is 16.7. The Morgan fingerprint density at radius 3 is 2.74 bits per heavy atom. The molecule has 0 bridgehead atoms. The molecule has 1 aromatic rings. The first-order chi connectivity index (χ1) is 11.2. The first-order valence-electron chi connectivity index (χ1n) is 9.00. The molecule has 23 heavy (non-hydrogen) atoms. The third-order valence-corrected chi connectivity index (χ3v) is 5.68. The number of methoxy groups -OCH3 is 1. The lowest BCUT2D eigenvalue weighted by atomic mass is 9.70. The molecule has 2 aliphatic rings. The summed E-state index contributed by atoms with van der Waals surface area (Å²) < 4.78 is 10.9. The maximum atomic E-state index is 8.77. The van der Waals surface area contributed by atoms with Crippen molar-refractivity contribution in [1.82, 2.24) is 0 Å². The fourth-order valence-electron chi connectivity index (χ4n) is 4.23. The summed E-state index contributed by atoms with van der Waals surface area (Å²) in [4.78, 5) is 0. The molecule has 0 radical (unpaired) electrons. The van der Waals surface area contributed by atoms with Crippen molar-refractivity contribution in [2.75, 3.05) is 20.3 Å². The topological polar surface area (TPSA) is 42.3 Å². The zero-order chi connectivity index (χ0) is 16.3. The molecule has 1 saturated carbocycles. The minimum absolute atomic E-state index is 0.0846. The third kappa shape index (κ3) is 3.36. The summed E-state index contributed by atoms with van der Waals surface area (Å²) >= 11 is 0. The lowest BCUT2D eigenvalue weighted by Crippen LogP contribution is -2.35. The van der Waals surface area contributed by atoms with Crippen LogP contribution in [0, 0.1) is 10.8 Å². The zero-order valence-corrected chi connectivity index (χ0v) is 14.5. The Balaban J connectivity index is 1.68. The van der Waals surface area contributed by atoms with Crippen LogP contribution in [0.1, 0.15) is 55.7 Å². The summed E-state index contributed by atoms with van der Waals surface area (Å²) in [5.41, 5.74) is 4.89. The number of fused-ring (bicyclic) bond motifs is 1. The average molecular weight is 315 g/mol. The second-order valence-electron chi connectivity index (χ2n) is 7.06. The van der Waals surface area contributed by atoms with Gasteiger partial charge in [-0.3, -0.25) is 0 Å². The highest BCUT2D eigenvalue weighted by Crippen LogP contribution is 2.47. The molecule has 126 valence electrons. The fourth-order valence-corrected chi connectivity index (χ4v) is 4.23. The average Bonchev–Trinajstić information content (AvgIpc) is 2.85. The lowest BCUT2D eigenvalue weighted by Gasteiger charge is -2.36. The first-order valence-corrected chi connectivity index (χ1v) is 9.00. The highest BCUT2D eigenvalue weighted by Gasteiger charge is 2.44. The van der Waals surface area contributed by atoms with E-state index in [0.29, 0.717) is 6.10 Å². The second-order valence-corrected chi connectivity index (χ2v) is 7.06. The number of ether oxygens (including phenoxy) is 2. The van der Waals surface area contributed by atoms with Gasteiger partial charge in [0.2, 0.25) is 0 Å². The van der Waals surface area contributed by atoms with E-state index in [1.54, 1.807) is 0 Å². The Hall–Kier alpha value is -1.19. The maximum absolute atomic E-state index is 8.77. The minimum Gasteiger partial charge on any atom is -0.382 e. The zero-order valence-electron chi connectivity index (χ0n) is 14.5. The van der Waals surface area contributed by atoms with Crippen LogP contribution in [0.4, 0.5) is 0 Å². The summed E-state index contributed by atoms with van der Waals surface area (Å²) in [6.45, 7) is 3.65. The predicted molar refractivity (Wildman–Crippen MR) is 93.5 cm³/mol. The molecule has 3 nitrogen and oxygen atoms in total. The summed E-state index contributed by atoms with van der Waals surface area (Å²) in [6.07, 6.45) is 7.92. The fraction of sp³-hybridized carbons (Fsp3) is 0.650. The van der Waals surface area contributed by atoms with Gasteiger partial charge in [0.25, 0.3) is 0 Å². The van der Waals surface area contributed by atoms with Gasteiger partial charge in [-0.2, -0.15) is 0 Å². The summed E-state index contributed by atoms with van der Waals surface area (Å²) in [5.74, 6) is 0. The van der Waals surface area contributed by atoms with Crippen molar-refractivity contribution >= 4 is 5.71 Å². The molecular weight excluding hydrogens is 286 g/mol. The van der Waals surface area contributed by atoms with Gasteiger partial charge in [0.15, 0.2) is 0 Å². The van der Waals surface area contributed by atoms with Crippen LogP contribution in [0.5, 0.6) is 0 Å². The van der Waals surface area contributed by atoms with E-state index in [1.165, 1.54) is 16.7 Å². The quantitative estimate of drug-likeness (QED) is 0.801. The van der Waals surface area contributed by atoms with Gasteiger partial charge < -0.3 is 14.9 Å². The molecule has 1 N–H and O–H groups in total. The molecule has 0 amide bonds. The van der Waals surface area contributed by atoms with E-state index < -0.39 is 0 Å². The van der Waals surface area contributed by atoms with E-state index in [0.717, 1.165) is 63.9 Å². The Bertz CT molecular complexity index is 559. The SMILES string of the molecule is CCOCCCc1ccc2c(c1)C(=N)C1(CCC(OC)CC1)C2. The van der Waals surface area contributed by atoms with E-state index in [4.69, 9.17) is 14.9 Å². The van der Waals surface area contributed by atoms with Gasteiger partial charge in [-0.1, -0.05) is 12.1 Å². The molecule has 0 atom stereocenters. The van der Waals surface area contributed by atoms with E-state index >= 15 is 0 Å². The normalized spacial score (nSPS) is 26.7. The third-order valence-electron chi connectivity index (χ3n) is 5.68. The van der Waals surface area contributed by atoms with Crippen LogP contribution in [0.2, 0.25) is 0 Å². The molecule has 0 aliphatic heterocycles.